The third-order valence-corrected chi connectivity index (χ3v) is 3.56. The van der Waals surface area contributed by atoms with Crippen LogP contribution in [0.4, 0.5) is 0 Å². The largest absolute Gasteiger partial charge is 0.324 e. The molecule has 0 aromatic heterocycles. The highest BCUT2D eigenvalue weighted by Gasteiger charge is 2.25. The Hall–Kier alpha value is -0.770. The van der Waals surface area contributed by atoms with Gasteiger partial charge in [0.15, 0.2) is 0 Å². The van der Waals surface area contributed by atoms with Crippen LogP contribution >= 0.6 is 0 Å². The van der Waals surface area contributed by atoms with Gasteiger partial charge in [0.05, 0.1) is 26.7 Å². The molecule has 0 spiro atoms. The zero-order chi connectivity index (χ0) is 11.9. The SMILES string of the molecule is CN1CC[N+](C)(CCCCCN=[N+]=[N-])CC1. The molecule has 1 rings (SSSR count). The van der Waals surface area contributed by atoms with Gasteiger partial charge in [-0.05, 0) is 31.8 Å². The van der Waals surface area contributed by atoms with Crippen LogP contribution in [0.3, 0.4) is 0 Å². The Balaban J connectivity index is 2.09. The number of rotatable bonds is 6. The van der Waals surface area contributed by atoms with Gasteiger partial charge in [-0.1, -0.05) is 5.11 Å². The van der Waals surface area contributed by atoms with Crippen LogP contribution in [-0.4, -0.2) is 62.7 Å². The minimum Gasteiger partial charge on any atom is -0.324 e. The molecule has 1 saturated heterocycles. The summed E-state index contributed by atoms with van der Waals surface area (Å²) in [6, 6.07) is 0. The van der Waals surface area contributed by atoms with E-state index in [1.54, 1.807) is 0 Å². The summed E-state index contributed by atoms with van der Waals surface area (Å²) in [6.07, 6.45) is 3.47. The molecule has 0 amide bonds. The Bertz CT molecular complexity index is 239. The Morgan fingerprint density at radius 2 is 1.94 bits per heavy atom. The average molecular weight is 226 g/mol. The van der Waals surface area contributed by atoms with Crippen molar-refractivity contribution in [3.05, 3.63) is 10.4 Å². The van der Waals surface area contributed by atoms with E-state index in [9.17, 15) is 0 Å². The number of azide groups is 1. The minimum atomic E-state index is 0.656. The highest BCUT2D eigenvalue weighted by atomic mass is 15.4. The van der Waals surface area contributed by atoms with E-state index in [1.165, 1.54) is 50.0 Å². The molecule has 1 aliphatic heterocycles. The fraction of sp³-hybridized carbons (Fsp3) is 1.00. The van der Waals surface area contributed by atoms with Gasteiger partial charge in [0.25, 0.3) is 0 Å². The van der Waals surface area contributed by atoms with Crippen molar-refractivity contribution in [3.63, 3.8) is 0 Å². The summed E-state index contributed by atoms with van der Waals surface area (Å²) in [5, 5.41) is 3.55. The summed E-state index contributed by atoms with van der Waals surface area (Å²) in [7, 11) is 4.56. The van der Waals surface area contributed by atoms with E-state index in [-0.39, 0.29) is 0 Å². The van der Waals surface area contributed by atoms with E-state index >= 15 is 0 Å². The molecule has 5 heteroatoms. The van der Waals surface area contributed by atoms with Gasteiger partial charge in [-0.15, -0.1) is 0 Å². The predicted molar refractivity (Wildman–Crippen MR) is 66.1 cm³/mol. The first-order valence-corrected chi connectivity index (χ1v) is 6.19. The van der Waals surface area contributed by atoms with E-state index in [2.05, 4.69) is 29.0 Å². The number of likely N-dealkylation sites (N-methyl/N-ethyl adjacent to an activating group) is 2. The number of piperazine rings is 1. The van der Waals surface area contributed by atoms with Gasteiger partial charge in [0.1, 0.15) is 0 Å². The zero-order valence-electron chi connectivity index (χ0n) is 10.6. The lowest BCUT2D eigenvalue weighted by atomic mass is 10.2. The van der Waals surface area contributed by atoms with Crippen LogP contribution in [0.1, 0.15) is 19.3 Å². The second-order valence-electron chi connectivity index (χ2n) is 5.11. The average Bonchev–Trinajstić information content (AvgIpc) is 2.28. The predicted octanol–water partition coefficient (Wildman–Crippen LogP) is 1.86. The molecule has 0 aromatic carbocycles. The van der Waals surface area contributed by atoms with Crippen molar-refractivity contribution in [3.8, 4) is 0 Å². The monoisotopic (exact) mass is 226 g/mol. The first kappa shape index (κ1) is 13.3. The van der Waals surface area contributed by atoms with Crippen LogP contribution in [-0.2, 0) is 0 Å². The molecule has 0 atom stereocenters. The summed E-state index contributed by atoms with van der Waals surface area (Å²) in [6.45, 7) is 6.90. The van der Waals surface area contributed by atoms with Crippen LogP contribution < -0.4 is 0 Å². The Morgan fingerprint density at radius 1 is 1.25 bits per heavy atom. The van der Waals surface area contributed by atoms with Crippen LogP contribution in [0.2, 0.25) is 0 Å². The van der Waals surface area contributed by atoms with Crippen molar-refractivity contribution in [2.75, 3.05) is 53.4 Å². The molecule has 1 fully saturated rings. The van der Waals surface area contributed by atoms with Gasteiger partial charge in [0, 0.05) is 24.5 Å². The van der Waals surface area contributed by atoms with E-state index in [0.29, 0.717) is 6.54 Å². The second kappa shape index (κ2) is 6.74. The van der Waals surface area contributed by atoms with Gasteiger partial charge < -0.3 is 4.48 Å². The molecule has 92 valence electrons. The molecule has 0 radical (unpaired) electrons. The molecule has 5 nitrogen and oxygen atoms in total. The lowest BCUT2D eigenvalue weighted by molar-refractivity contribution is -0.913. The van der Waals surface area contributed by atoms with E-state index in [1.807, 2.05) is 0 Å². The van der Waals surface area contributed by atoms with Crippen LogP contribution in [0.15, 0.2) is 5.11 Å². The molecule has 0 unspecified atom stereocenters. The number of quaternary nitrogens is 1. The standard InChI is InChI=1S/C11H24N5/c1-15-7-10-16(2,11-8-15)9-5-3-4-6-13-14-12/h3-11H2,1-2H3/q+1. The summed E-state index contributed by atoms with van der Waals surface area (Å²) in [4.78, 5) is 5.17. The van der Waals surface area contributed by atoms with Crippen molar-refractivity contribution in [2.45, 2.75) is 19.3 Å². The molecule has 0 saturated carbocycles. The molecule has 0 aliphatic carbocycles. The van der Waals surface area contributed by atoms with Crippen molar-refractivity contribution < 1.29 is 4.48 Å². The third-order valence-electron chi connectivity index (χ3n) is 3.56. The molecule has 1 heterocycles. The highest BCUT2D eigenvalue weighted by Crippen LogP contribution is 2.11. The fourth-order valence-corrected chi connectivity index (χ4v) is 2.17. The number of nitrogens with zero attached hydrogens (tertiary/aromatic N) is 5. The Kier molecular flexibility index (Phi) is 5.60. The van der Waals surface area contributed by atoms with Gasteiger partial charge in [-0.25, -0.2) is 0 Å². The molecule has 0 bridgehead atoms. The van der Waals surface area contributed by atoms with Gasteiger partial charge >= 0.3 is 0 Å². The maximum absolute atomic E-state index is 8.14. The first-order valence-electron chi connectivity index (χ1n) is 6.19. The van der Waals surface area contributed by atoms with E-state index in [0.717, 1.165) is 6.42 Å². The fourth-order valence-electron chi connectivity index (χ4n) is 2.17. The normalized spacial score (nSPS) is 20.4. The molecular formula is C11H24N5+. The maximum atomic E-state index is 8.14. The second-order valence-corrected chi connectivity index (χ2v) is 5.11. The molecule has 0 aromatic rings. The minimum absolute atomic E-state index is 0.656. The molecular weight excluding hydrogens is 202 g/mol. The quantitative estimate of drug-likeness (QED) is 0.224. The summed E-state index contributed by atoms with van der Waals surface area (Å²) in [5.41, 5.74) is 8.14. The van der Waals surface area contributed by atoms with Crippen molar-refractivity contribution in [2.24, 2.45) is 5.11 Å². The van der Waals surface area contributed by atoms with Crippen LogP contribution in [0.25, 0.3) is 10.4 Å². The molecule has 16 heavy (non-hydrogen) atoms. The smallest absolute Gasteiger partial charge is 0.0914 e. The van der Waals surface area contributed by atoms with E-state index < -0.39 is 0 Å². The lowest BCUT2D eigenvalue weighted by Crippen LogP contribution is -2.56. The van der Waals surface area contributed by atoms with Crippen molar-refractivity contribution in [1.29, 1.82) is 0 Å². The van der Waals surface area contributed by atoms with Gasteiger partial charge in [-0.3, -0.25) is 4.90 Å². The summed E-state index contributed by atoms with van der Waals surface area (Å²) in [5.74, 6) is 0. The van der Waals surface area contributed by atoms with Crippen molar-refractivity contribution >= 4 is 0 Å². The maximum Gasteiger partial charge on any atom is 0.0914 e. The van der Waals surface area contributed by atoms with E-state index in [4.69, 9.17) is 5.53 Å². The number of unbranched alkanes of at least 4 members (excludes halogenated alkanes) is 2. The lowest BCUT2D eigenvalue weighted by Gasteiger charge is -2.41. The molecule has 1 aliphatic rings. The first-order chi connectivity index (χ1) is 7.66. The van der Waals surface area contributed by atoms with Crippen molar-refractivity contribution in [1.82, 2.24) is 4.90 Å². The summed E-state index contributed by atoms with van der Waals surface area (Å²) >= 11 is 0. The number of hydrogen-bond donors (Lipinski definition) is 0. The molecule has 0 N–H and O–H groups in total. The topological polar surface area (TPSA) is 52.0 Å². The van der Waals surface area contributed by atoms with Crippen LogP contribution in [0, 0.1) is 0 Å². The summed E-state index contributed by atoms with van der Waals surface area (Å²) < 4.78 is 1.21. The highest BCUT2D eigenvalue weighted by molar-refractivity contribution is 4.58. The van der Waals surface area contributed by atoms with Crippen LogP contribution in [0.5, 0.6) is 0 Å². The Labute approximate surface area is 98.2 Å². The van der Waals surface area contributed by atoms with Gasteiger partial charge in [0.2, 0.25) is 0 Å². The third kappa shape index (κ3) is 4.84. The zero-order valence-corrected chi connectivity index (χ0v) is 10.6. The van der Waals surface area contributed by atoms with Gasteiger partial charge in [-0.2, -0.15) is 0 Å². The Morgan fingerprint density at radius 3 is 2.56 bits per heavy atom. The number of hydrogen-bond acceptors (Lipinski definition) is 2.